The molecule has 22 heavy (non-hydrogen) atoms. The van der Waals surface area contributed by atoms with Gasteiger partial charge in [0.15, 0.2) is 0 Å². The van der Waals surface area contributed by atoms with E-state index in [1.807, 2.05) is 0 Å². The molecule has 0 saturated heterocycles. The summed E-state index contributed by atoms with van der Waals surface area (Å²) in [6, 6.07) is 5.88. The molecule has 0 fully saturated rings. The second-order valence-electron chi connectivity index (χ2n) is 5.39. The lowest BCUT2D eigenvalue weighted by molar-refractivity contribution is -0.143. The van der Waals surface area contributed by atoms with E-state index < -0.39 is 27.4 Å². The van der Waals surface area contributed by atoms with Gasteiger partial charge in [0.1, 0.15) is 5.54 Å². The molecule has 1 rings (SSSR count). The van der Waals surface area contributed by atoms with Crippen LogP contribution < -0.4 is 10.0 Å². The van der Waals surface area contributed by atoms with Crippen molar-refractivity contribution < 1.29 is 23.1 Å². The highest BCUT2D eigenvalue weighted by molar-refractivity contribution is 7.92. The second-order valence-corrected chi connectivity index (χ2v) is 7.23. The zero-order valence-corrected chi connectivity index (χ0v) is 13.5. The Labute approximate surface area is 129 Å². The molecule has 0 unspecified atom stereocenters. The van der Waals surface area contributed by atoms with Crippen molar-refractivity contribution in [3.05, 3.63) is 29.8 Å². The first-order valence-corrected chi connectivity index (χ1v) is 8.39. The number of carboxylic acid groups (broad SMARTS) is 1. The number of hydrogen-bond donors (Lipinski definition) is 3. The van der Waals surface area contributed by atoms with E-state index in [1.165, 1.54) is 38.1 Å². The molecule has 0 heterocycles. The number of amides is 1. The number of carboxylic acids is 1. The van der Waals surface area contributed by atoms with Crippen LogP contribution >= 0.6 is 0 Å². The highest BCUT2D eigenvalue weighted by Gasteiger charge is 2.29. The third kappa shape index (κ3) is 5.03. The Balaban J connectivity index is 2.93. The summed E-state index contributed by atoms with van der Waals surface area (Å²) in [5.41, 5.74) is -0.991. The molecule has 1 amide bonds. The third-order valence-corrected chi connectivity index (χ3v) is 4.32. The first-order chi connectivity index (χ1) is 10.1. The maximum absolute atomic E-state index is 12.1. The second kappa shape index (κ2) is 6.78. The lowest BCUT2D eigenvalue weighted by Gasteiger charge is -2.21. The van der Waals surface area contributed by atoms with E-state index in [0.717, 1.165) is 0 Å². The van der Waals surface area contributed by atoms with Gasteiger partial charge in [-0.25, -0.2) is 13.2 Å². The Morgan fingerprint density at radius 2 is 1.91 bits per heavy atom. The van der Waals surface area contributed by atoms with Crippen molar-refractivity contribution in [2.75, 3.05) is 10.5 Å². The quantitative estimate of drug-likeness (QED) is 0.701. The van der Waals surface area contributed by atoms with Gasteiger partial charge in [0.05, 0.1) is 5.75 Å². The topological polar surface area (TPSA) is 113 Å². The molecule has 0 aliphatic heterocycles. The number of rotatable bonds is 7. The Kier molecular flexibility index (Phi) is 5.54. The zero-order valence-electron chi connectivity index (χ0n) is 12.7. The van der Waals surface area contributed by atoms with Gasteiger partial charge in [-0.1, -0.05) is 13.0 Å². The fraction of sp³-hybridized carbons (Fsp3) is 0.429. The fourth-order valence-electron chi connectivity index (χ4n) is 1.63. The summed E-state index contributed by atoms with van der Waals surface area (Å²) < 4.78 is 25.8. The van der Waals surface area contributed by atoms with Crippen molar-refractivity contribution in [3.8, 4) is 0 Å². The molecule has 0 spiro atoms. The smallest absolute Gasteiger partial charge is 0.328 e. The Hall–Kier alpha value is -2.09. The van der Waals surface area contributed by atoms with Crippen LogP contribution in [0.15, 0.2) is 24.3 Å². The summed E-state index contributed by atoms with van der Waals surface area (Å²) in [5, 5.41) is 11.4. The highest BCUT2D eigenvalue weighted by Crippen LogP contribution is 2.14. The van der Waals surface area contributed by atoms with E-state index in [4.69, 9.17) is 5.11 Å². The van der Waals surface area contributed by atoms with Gasteiger partial charge in [0.2, 0.25) is 10.0 Å². The minimum absolute atomic E-state index is 0.0184. The summed E-state index contributed by atoms with van der Waals surface area (Å²) in [4.78, 5) is 23.1. The number of sulfonamides is 1. The lowest BCUT2D eigenvalue weighted by Crippen LogP contribution is -2.49. The van der Waals surface area contributed by atoms with E-state index in [9.17, 15) is 18.0 Å². The molecule has 122 valence electrons. The molecule has 0 aromatic heterocycles. The highest BCUT2D eigenvalue weighted by atomic mass is 32.2. The van der Waals surface area contributed by atoms with E-state index in [1.54, 1.807) is 6.92 Å². The van der Waals surface area contributed by atoms with E-state index >= 15 is 0 Å². The predicted octanol–water partition coefficient (Wildman–Crippen LogP) is 1.43. The van der Waals surface area contributed by atoms with Gasteiger partial charge in [-0.3, -0.25) is 9.52 Å². The molecule has 1 aromatic carbocycles. The molecule has 3 N–H and O–H groups in total. The summed E-state index contributed by atoms with van der Waals surface area (Å²) in [7, 11) is -3.45. The minimum Gasteiger partial charge on any atom is -0.480 e. The Bertz CT molecular complexity index is 668. The van der Waals surface area contributed by atoms with Crippen LogP contribution in [0, 0.1) is 0 Å². The van der Waals surface area contributed by atoms with Crippen LogP contribution in [-0.4, -0.2) is 36.7 Å². The standard InChI is InChI=1S/C14H20N2O5S/c1-4-8-22(20,21)16-11-7-5-6-10(9-11)12(17)15-14(2,3)13(18)19/h5-7,9,16H,4,8H2,1-3H3,(H,15,17)(H,18,19). The number of aliphatic carboxylic acids is 1. The van der Waals surface area contributed by atoms with E-state index in [0.29, 0.717) is 6.42 Å². The van der Waals surface area contributed by atoms with Gasteiger partial charge in [0.25, 0.3) is 5.91 Å². The molecule has 7 nitrogen and oxygen atoms in total. The van der Waals surface area contributed by atoms with Gasteiger partial charge < -0.3 is 10.4 Å². The van der Waals surface area contributed by atoms with Crippen molar-refractivity contribution in [3.63, 3.8) is 0 Å². The molecule has 1 aromatic rings. The van der Waals surface area contributed by atoms with Crippen molar-refractivity contribution in [1.29, 1.82) is 0 Å². The van der Waals surface area contributed by atoms with Crippen LogP contribution in [0.1, 0.15) is 37.6 Å². The maximum Gasteiger partial charge on any atom is 0.328 e. The predicted molar refractivity (Wildman–Crippen MR) is 83.3 cm³/mol. The van der Waals surface area contributed by atoms with Crippen LogP contribution in [0.5, 0.6) is 0 Å². The van der Waals surface area contributed by atoms with Crippen LogP contribution in [0.2, 0.25) is 0 Å². The number of benzene rings is 1. The average molecular weight is 328 g/mol. The largest absolute Gasteiger partial charge is 0.480 e. The van der Waals surface area contributed by atoms with Crippen molar-refractivity contribution in [2.45, 2.75) is 32.7 Å². The van der Waals surface area contributed by atoms with Crippen molar-refractivity contribution in [1.82, 2.24) is 5.32 Å². The molecule has 8 heteroatoms. The lowest BCUT2D eigenvalue weighted by atomic mass is 10.1. The molecule has 0 radical (unpaired) electrons. The summed E-state index contributed by atoms with van der Waals surface area (Å²) in [5.74, 6) is -1.78. The van der Waals surface area contributed by atoms with Crippen LogP contribution in [0.3, 0.4) is 0 Å². The zero-order chi connectivity index (χ0) is 17.0. The number of hydrogen-bond acceptors (Lipinski definition) is 4. The number of anilines is 1. The number of carbonyl (C=O) groups is 2. The van der Waals surface area contributed by atoms with Gasteiger partial charge >= 0.3 is 5.97 Å². The minimum atomic E-state index is -3.45. The molecule has 0 aliphatic rings. The Morgan fingerprint density at radius 1 is 1.27 bits per heavy atom. The third-order valence-electron chi connectivity index (χ3n) is 2.83. The first-order valence-electron chi connectivity index (χ1n) is 6.74. The van der Waals surface area contributed by atoms with Crippen molar-refractivity contribution >= 4 is 27.6 Å². The maximum atomic E-state index is 12.1. The normalized spacial score (nSPS) is 11.8. The van der Waals surface area contributed by atoms with E-state index in [-0.39, 0.29) is 17.0 Å². The number of nitrogens with one attached hydrogen (secondary N) is 2. The van der Waals surface area contributed by atoms with E-state index in [2.05, 4.69) is 10.0 Å². The van der Waals surface area contributed by atoms with Gasteiger partial charge in [-0.05, 0) is 38.5 Å². The fourth-order valence-corrected chi connectivity index (χ4v) is 2.76. The van der Waals surface area contributed by atoms with Crippen molar-refractivity contribution in [2.24, 2.45) is 0 Å². The summed E-state index contributed by atoms with van der Waals surface area (Å²) in [6.45, 7) is 4.47. The van der Waals surface area contributed by atoms with Gasteiger partial charge in [-0.15, -0.1) is 0 Å². The molecular weight excluding hydrogens is 308 g/mol. The SMILES string of the molecule is CCCS(=O)(=O)Nc1cccc(C(=O)NC(C)(C)C(=O)O)c1. The van der Waals surface area contributed by atoms with Gasteiger partial charge in [-0.2, -0.15) is 0 Å². The summed E-state index contributed by atoms with van der Waals surface area (Å²) >= 11 is 0. The molecule has 0 bridgehead atoms. The molecular formula is C14H20N2O5S. The molecule has 0 saturated carbocycles. The first kappa shape index (κ1) is 18.0. The molecule has 0 atom stereocenters. The van der Waals surface area contributed by atoms with Crippen LogP contribution in [0.4, 0.5) is 5.69 Å². The van der Waals surface area contributed by atoms with Crippen LogP contribution in [-0.2, 0) is 14.8 Å². The van der Waals surface area contributed by atoms with Crippen LogP contribution in [0.25, 0.3) is 0 Å². The molecule has 0 aliphatic carbocycles. The number of carbonyl (C=O) groups excluding carboxylic acids is 1. The van der Waals surface area contributed by atoms with Gasteiger partial charge in [0, 0.05) is 11.3 Å². The Morgan fingerprint density at radius 3 is 2.45 bits per heavy atom. The average Bonchev–Trinajstić information content (AvgIpc) is 2.37. The monoisotopic (exact) mass is 328 g/mol. The summed E-state index contributed by atoms with van der Waals surface area (Å²) in [6.07, 6.45) is 0.475.